The number of nitrogens with zero attached hydrogens (tertiary/aromatic N) is 2. The Balaban J connectivity index is 1.98. The van der Waals surface area contributed by atoms with Crippen molar-refractivity contribution in [1.82, 2.24) is 9.88 Å². The molecular weight excluding hydrogens is 241 g/mol. The highest BCUT2D eigenvalue weighted by Crippen LogP contribution is 2.10. The normalized spacial score (nSPS) is 10.9. The van der Waals surface area contributed by atoms with E-state index in [1.807, 2.05) is 25.2 Å². The maximum atomic E-state index is 13.1. The van der Waals surface area contributed by atoms with Crippen LogP contribution in [0.2, 0.25) is 0 Å². The van der Waals surface area contributed by atoms with E-state index in [4.69, 9.17) is 5.73 Å². The monoisotopic (exact) mass is 259 g/mol. The zero-order valence-corrected chi connectivity index (χ0v) is 11.0. The number of hydrogen-bond acceptors (Lipinski definition) is 3. The van der Waals surface area contributed by atoms with Gasteiger partial charge in [0.15, 0.2) is 0 Å². The van der Waals surface area contributed by atoms with E-state index >= 15 is 0 Å². The van der Waals surface area contributed by atoms with Crippen molar-refractivity contribution in [2.45, 2.75) is 19.6 Å². The summed E-state index contributed by atoms with van der Waals surface area (Å²) in [6.45, 7) is 1.94. The first-order valence-corrected chi connectivity index (χ1v) is 6.24. The Morgan fingerprint density at radius 1 is 1.16 bits per heavy atom. The van der Waals surface area contributed by atoms with E-state index in [1.165, 1.54) is 6.07 Å². The van der Waals surface area contributed by atoms with E-state index in [0.29, 0.717) is 13.1 Å². The van der Waals surface area contributed by atoms with Crippen molar-refractivity contribution < 1.29 is 4.39 Å². The zero-order chi connectivity index (χ0) is 13.7. The molecule has 0 bridgehead atoms. The van der Waals surface area contributed by atoms with Gasteiger partial charge in [-0.2, -0.15) is 0 Å². The predicted octanol–water partition coefficient (Wildman–Crippen LogP) is 2.31. The molecule has 1 heterocycles. The molecule has 0 aliphatic carbocycles. The number of benzene rings is 1. The summed E-state index contributed by atoms with van der Waals surface area (Å²) in [6, 6.07) is 10.7. The van der Waals surface area contributed by atoms with Crippen LogP contribution in [0.3, 0.4) is 0 Å². The molecule has 0 amide bonds. The second-order valence-corrected chi connectivity index (χ2v) is 4.66. The van der Waals surface area contributed by atoms with Gasteiger partial charge in [-0.05, 0) is 42.4 Å². The van der Waals surface area contributed by atoms with E-state index in [2.05, 4.69) is 9.88 Å². The number of pyridine rings is 1. The third-order valence-electron chi connectivity index (χ3n) is 2.88. The van der Waals surface area contributed by atoms with Gasteiger partial charge in [0.2, 0.25) is 0 Å². The van der Waals surface area contributed by atoms with Crippen LogP contribution in [0.15, 0.2) is 42.6 Å². The lowest BCUT2D eigenvalue weighted by molar-refractivity contribution is 0.318. The Labute approximate surface area is 112 Å². The lowest BCUT2D eigenvalue weighted by atomic mass is 10.2. The molecular formula is C15H18FN3. The van der Waals surface area contributed by atoms with Gasteiger partial charge in [-0.1, -0.05) is 12.1 Å². The number of hydrogen-bond donors (Lipinski definition) is 1. The number of rotatable bonds is 5. The molecule has 100 valence electrons. The highest BCUT2D eigenvalue weighted by atomic mass is 19.1. The third-order valence-corrected chi connectivity index (χ3v) is 2.88. The smallest absolute Gasteiger partial charge is 0.123 e. The van der Waals surface area contributed by atoms with Gasteiger partial charge in [-0.25, -0.2) is 4.39 Å². The molecule has 2 rings (SSSR count). The number of nitrogens with two attached hydrogens (primary N) is 1. The van der Waals surface area contributed by atoms with Crippen LogP contribution in [0.25, 0.3) is 0 Å². The molecule has 0 fully saturated rings. The van der Waals surface area contributed by atoms with E-state index in [0.717, 1.165) is 23.4 Å². The predicted molar refractivity (Wildman–Crippen MR) is 73.7 cm³/mol. The first-order chi connectivity index (χ1) is 9.17. The van der Waals surface area contributed by atoms with Crippen molar-refractivity contribution in [3.8, 4) is 0 Å². The van der Waals surface area contributed by atoms with Gasteiger partial charge < -0.3 is 5.73 Å². The van der Waals surface area contributed by atoms with Gasteiger partial charge in [0, 0.05) is 25.8 Å². The second kappa shape index (κ2) is 6.41. The van der Waals surface area contributed by atoms with Crippen molar-refractivity contribution in [3.05, 3.63) is 65.2 Å². The first-order valence-electron chi connectivity index (χ1n) is 6.24. The van der Waals surface area contributed by atoms with Crippen LogP contribution in [0.4, 0.5) is 4.39 Å². The van der Waals surface area contributed by atoms with Crippen LogP contribution >= 0.6 is 0 Å². The van der Waals surface area contributed by atoms with Crippen LogP contribution in [0, 0.1) is 5.82 Å². The van der Waals surface area contributed by atoms with Crippen molar-refractivity contribution >= 4 is 0 Å². The summed E-state index contributed by atoms with van der Waals surface area (Å²) in [5.74, 6) is -0.194. The van der Waals surface area contributed by atoms with Gasteiger partial charge in [-0.15, -0.1) is 0 Å². The number of aromatic nitrogens is 1. The fraction of sp³-hybridized carbons (Fsp3) is 0.267. The van der Waals surface area contributed by atoms with Crippen LogP contribution in [0.5, 0.6) is 0 Å². The van der Waals surface area contributed by atoms with Crippen LogP contribution in [0.1, 0.15) is 16.8 Å². The summed E-state index contributed by atoms with van der Waals surface area (Å²) < 4.78 is 13.1. The Kier molecular flexibility index (Phi) is 4.60. The van der Waals surface area contributed by atoms with Crippen LogP contribution in [-0.2, 0) is 19.6 Å². The Bertz CT molecular complexity index is 542. The molecule has 19 heavy (non-hydrogen) atoms. The van der Waals surface area contributed by atoms with E-state index in [-0.39, 0.29) is 5.82 Å². The minimum Gasteiger partial charge on any atom is -0.325 e. The summed E-state index contributed by atoms with van der Waals surface area (Å²) in [5.41, 5.74) is 8.59. The van der Waals surface area contributed by atoms with Gasteiger partial charge >= 0.3 is 0 Å². The molecule has 3 nitrogen and oxygen atoms in total. The highest BCUT2D eigenvalue weighted by molar-refractivity contribution is 5.18. The molecule has 1 aromatic carbocycles. The first kappa shape index (κ1) is 13.6. The Morgan fingerprint density at radius 2 is 1.89 bits per heavy atom. The maximum Gasteiger partial charge on any atom is 0.123 e. The third kappa shape index (κ3) is 4.12. The van der Waals surface area contributed by atoms with E-state index in [1.54, 1.807) is 18.3 Å². The quantitative estimate of drug-likeness (QED) is 0.896. The SMILES string of the molecule is CN(Cc1cccc(F)c1)Cc1ccnc(CN)c1. The van der Waals surface area contributed by atoms with Gasteiger partial charge in [0.25, 0.3) is 0 Å². The molecule has 1 aromatic heterocycles. The average molecular weight is 259 g/mol. The van der Waals surface area contributed by atoms with Gasteiger partial charge in [0.05, 0.1) is 5.69 Å². The lowest BCUT2D eigenvalue weighted by Crippen LogP contribution is -2.17. The van der Waals surface area contributed by atoms with E-state index in [9.17, 15) is 4.39 Å². The van der Waals surface area contributed by atoms with Gasteiger partial charge in [0.1, 0.15) is 5.82 Å². The maximum absolute atomic E-state index is 13.1. The molecule has 0 saturated carbocycles. The van der Waals surface area contributed by atoms with Crippen molar-refractivity contribution in [2.75, 3.05) is 7.05 Å². The molecule has 0 unspecified atom stereocenters. The van der Waals surface area contributed by atoms with Crippen molar-refractivity contribution in [2.24, 2.45) is 5.73 Å². The zero-order valence-electron chi connectivity index (χ0n) is 11.0. The van der Waals surface area contributed by atoms with Gasteiger partial charge in [-0.3, -0.25) is 9.88 Å². The lowest BCUT2D eigenvalue weighted by Gasteiger charge is -2.17. The molecule has 4 heteroatoms. The highest BCUT2D eigenvalue weighted by Gasteiger charge is 2.03. The topological polar surface area (TPSA) is 42.2 Å². The Morgan fingerprint density at radius 3 is 2.58 bits per heavy atom. The summed E-state index contributed by atoms with van der Waals surface area (Å²) in [4.78, 5) is 6.30. The summed E-state index contributed by atoms with van der Waals surface area (Å²) >= 11 is 0. The molecule has 0 radical (unpaired) electrons. The van der Waals surface area contributed by atoms with Crippen molar-refractivity contribution in [3.63, 3.8) is 0 Å². The second-order valence-electron chi connectivity index (χ2n) is 4.66. The molecule has 0 aliphatic heterocycles. The number of halogens is 1. The molecule has 0 atom stereocenters. The van der Waals surface area contributed by atoms with Crippen molar-refractivity contribution in [1.29, 1.82) is 0 Å². The standard InChI is InChI=1S/C15H18FN3/c1-19(10-12-3-2-4-14(16)7-12)11-13-5-6-18-15(8-13)9-17/h2-8H,9-11,17H2,1H3. The molecule has 0 aliphatic rings. The largest absolute Gasteiger partial charge is 0.325 e. The van der Waals surface area contributed by atoms with E-state index < -0.39 is 0 Å². The minimum absolute atomic E-state index is 0.194. The summed E-state index contributed by atoms with van der Waals surface area (Å²) in [5, 5.41) is 0. The Hall–Kier alpha value is -1.78. The molecule has 0 spiro atoms. The molecule has 2 aromatic rings. The fourth-order valence-corrected chi connectivity index (χ4v) is 2.05. The fourth-order valence-electron chi connectivity index (χ4n) is 2.05. The summed E-state index contributed by atoms with van der Waals surface area (Å²) in [6.07, 6.45) is 1.77. The average Bonchev–Trinajstić information content (AvgIpc) is 2.38. The molecule has 0 saturated heterocycles. The molecule has 2 N–H and O–H groups in total. The summed E-state index contributed by atoms with van der Waals surface area (Å²) in [7, 11) is 2.01. The van der Waals surface area contributed by atoms with Crippen LogP contribution in [-0.4, -0.2) is 16.9 Å². The van der Waals surface area contributed by atoms with Crippen LogP contribution < -0.4 is 5.73 Å². The minimum atomic E-state index is -0.194.